The summed E-state index contributed by atoms with van der Waals surface area (Å²) in [6.07, 6.45) is 9.87. The van der Waals surface area contributed by atoms with Crippen LogP contribution in [0.1, 0.15) is 5.56 Å². The Kier molecular flexibility index (Phi) is 1.63. The van der Waals surface area contributed by atoms with Gasteiger partial charge in [-0.05, 0) is 18.2 Å². The summed E-state index contributed by atoms with van der Waals surface area (Å²) in [6.45, 7) is 1.13. The Morgan fingerprint density at radius 3 is 2.86 bits per heavy atom. The topological polar surface area (TPSA) is 13.1 Å². The van der Waals surface area contributed by atoms with Gasteiger partial charge in [0.25, 0.3) is 6.17 Å². The molecule has 0 radical (unpaired) electrons. The first-order valence-electron chi connectivity index (χ1n) is 7.77. The third-order valence-electron chi connectivity index (χ3n) is 5.71. The molecule has 22 heavy (non-hydrogen) atoms. The van der Waals surface area contributed by atoms with Gasteiger partial charge in [-0.25, -0.2) is 0 Å². The highest BCUT2D eigenvalue weighted by molar-refractivity contribution is 6.07. The summed E-state index contributed by atoms with van der Waals surface area (Å²) in [5.41, 5.74) is 4.67. The first-order valence-corrected chi connectivity index (χ1v) is 7.77. The number of hydrogen-bond donors (Lipinski definition) is 0. The van der Waals surface area contributed by atoms with Gasteiger partial charge < -0.3 is 4.42 Å². The Labute approximate surface area is 128 Å². The molecule has 0 amide bonds. The van der Waals surface area contributed by atoms with E-state index >= 15 is 0 Å². The van der Waals surface area contributed by atoms with Crippen LogP contribution in [0.5, 0.6) is 0 Å². The molecule has 106 valence electrons. The summed E-state index contributed by atoms with van der Waals surface area (Å²) in [7, 11) is 2.31. The number of benzene rings is 2. The van der Waals surface area contributed by atoms with Gasteiger partial charge in [-0.2, -0.15) is 8.97 Å². The van der Waals surface area contributed by atoms with Crippen molar-refractivity contribution in [2.24, 2.45) is 0 Å². The molecule has 0 N–H and O–H groups in total. The minimum absolute atomic E-state index is 0.517. The second kappa shape index (κ2) is 3.19. The number of likely N-dealkylation sites (N-methyl/N-ethyl adjacent to an activating group) is 1. The van der Waals surface area contributed by atoms with Crippen LogP contribution in [-0.4, -0.2) is 24.4 Å². The Bertz CT molecular complexity index is 1040. The van der Waals surface area contributed by atoms with Gasteiger partial charge in [0.2, 0.25) is 6.67 Å². The summed E-state index contributed by atoms with van der Waals surface area (Å²) in [5, 5.41) is 2.45. The maximum absolute atomic E-state index is 6.03. The van der Waals surface area contributed by atoms with Gasteiger partial charge >= 0.3 is 0 Å². The zero-order valence-corrected chi connectivity index (χ0v) is 12.4. The zero-order valence-electron chi connectivity index (χ0n) is 12.4. The van der Waals surface area contributed by atoms with Crippen LogP contribution in [0.3, 0.4) is 0 Å². The average molecular weight is 288 g/mol. The molecule has 1 fully saturated rings. The molecule has 5 heterocycles. The Hall–Kier alpha value is -2.36. The molecule has 3 aromatic rings. The quantitative estimate of drug-likeness (QED) is 0.566. The molecule has 1 saturated heterocycles. The molecule has 3 unspecified atom stereocenters. The number of para-hydroxylation sites is 1. The molecule has 4 aliphatic rings. The van der Waals surface area contributed by atoms with Crippen molar-refractivity contribution in [1.29, 1.82) is 0 Å². The van der Waals surface area contributed by atoms with Crippen molar-refractivity contribution in [3.05, 3.63) is 60.4 Å². The summed E-state index contributed by atoms with van der Waals surface area (Å²) in [6, 6.07) is 12.9. The fraction of sp³-hybridized carbons (Fsp3) is 0.158. The fourth-order valence-corrected chi connectivity index (χ4v) is 4.70. The van der Waals surface area contributed by atoms with E-state index in [9.17, 15) is 0 Å². The van der Waals surface area contributed by atoms with Crippen molar-refractivity contribution in [2.75, 3.05) is 13.7 Å². The SMILES string of the molecule is C[N+]12C=C[N+]3(C1)c1cc4c(cc1C=CC23)oc1ccccc14. The maximum Gasteiger partial charge on any atom is 0.258 e. The zero-order chi connectivity index (χ0) is 14.5. The van der Waals surface area contributed by atoms with E-state index in [0.717, 1.165) is 26.8 Å². The van der Waals surface area contributed by atoms with Crippen LogP contribution in [0.15, 0.2) is 59.3 Å². The Morgan fingerprint density at radius 1 is 1.05 bits per heavy atom. The van der Waals surface area contributed by atoms with Crippen LogP contribution in [0.4, 0.5) is 5.69 Å². The second-order valence-electron chi connectivity index (χ2n) is 7.00. The summed E-state index contributed by atoms with van der Waals surface area (Å²) < 4.78 is 8.03. The molecule has 7 rings (SSSR count). The van der Waals surface area contributed by atoms with Gasteiger partial charge in [0.15, 0.2) is 18.1 Å². The van der Waals surface area contributed by atoms with Gasteiger partial charge in [0.1, 0.15) is 11.2 Å². The number of rotatable bonds is 0. The van der Waals surface area contributed by atoms with E-state index in [0.29, 0.717) is 6.17 Å². The molecule has 0 aliphatic carbocycles. The largest absolute Gasteiger partial charge is 0.456 e. The number of hydrogen-bond acceptors (Lipinski definition) is 1. The van der Waals surface area contributed by atoms with Crippen LogP contribution in [0.2, 0.25) is 0 Å². The standard InChI is InChI=1S/C19H16N2O/c1-20-8-9-21(12-20)16-11-15-14-4-2-3-5-17(14)22-18(15)10-13(16)6-7-19(20)21/h2-11,19H,12H2,1H3/q+2. The van der Waals surface area contributed by atoms with Crippen LogP contribution in [0.25, 0.3) is 28.0 Å². The third-order valence-corrected chi connectivity index (χ3v) is 5.71. The van der Waals surface area contributed by atoms with Crippen LogP contribution in [-0.2, 0) is 0 Å². The fourth-order valence-electron chi connectivity index (χ4n) is 4.70. The third kappa shape index (κ3) is 1.04. The van der Waals surface area contributed by atoms with Crippen molar-refractivity contribution in [1.82, 2.24) is 4.48 Å². The molecule has 3 atom stereocenters. The highest BCUT2D eigenvalue weighted by Gasteiger charge is 2.68. The molecular formula is C19H16N2O+2. The lowest BCUT2D eigenvalue weighted by Crippen LogP contribution is -2.77. The normalized spacial score (nSPS) is 34.0. The maximum atomic E-state index is 6.03. The van der Waals surface area contributed by atoms with Crippen molar-refractivity contribution in [2.45, 2.75) is 6.17 Å². The second-order valence-corrected chi connectivity index (χ2v) is 7.00. The van der Waals surface area contributed by atoms with E-state index in [2.05, 4.69) is 55.9 Å². The van der Waals surface area contributed by atoms with E-state index in [1.807, 2.05) is 12.1 Å². The number of quaternary nitrogens is 2. The number of furan rings is 1. The van der Waals surface area contributed by atoms with Gasteiger partial charge in [-0.3, -0.25) is 0 Å². The first kappa shape index (κ1) is 11.2. The molecule has 3 heteroatoms. The smallest absolute Gasteiger partial charge is 0.258 e. The molecular weight excluding hydrogens is 272 g/mol. The lowest BCUT2D eigenvalue weighted by molar-refractivity contribution is -0.936. The van der Waals surface area contributed by atoms with Gasteiger partial charge in [0, 0.05) is 28.5 Å². The van der Waals surface area contributed by atoms with Crippen molar-refractivity contribution in [3.63, 3.8) is 0 Å². The van der Waals surface area contributed by atoms with Crippen molar-refractivity contribution >= 4 is 33.7 Å². The highest BCUT2D eigenvalue weighted by atomic mass is 16.3. The molecule has 0 saturated carbocycles. The van der Waals surface area contributed by atoms with Gasteiger partial charge in [-0.15, -0.1) is 0 Å². The monoisotopic (exact) mass is 288 g/mol. The number of fused-ring (bicyclic) bond motifs is 4. The molecule has 1 spiro atoms. The molecule has 3 nitrogen and oxygen atoms in total. The van der Waals surface area contributed by atoms with E-state index in [1.165, 1.54) is 22.0 Å². The van der Waals surface area contributed by atoms with Crippen LogP contribution in [0, 0.1) is 0 Å². The van der Waals surface area contributed by atoms with Crippen LogP contribution >= 0.6 is 0 Å². The lowest BCUT2D eigenvalue weighted by Gasteiger charge is -2.52. The van der Waals surface area contributed by atoms with Gasteiger partial charge in [-0.1, -0.05) is 18.2 Å². The Morgan fingerprint density at radius 2 is 1.95 bits per heavy atom. The van der Waals surface area contributed by atoms with E-state index in [4.69, 9.17) is 4.42 Å². The molecule has 2 bridgehead atoms. The molecule has 4 aliphatic heterocycles. The van der Waals surface area contributed by atoms with E-state index in [1.54, 1.807) is 0 Å². The average Bonchev–Trinajstić information content (AvgIpc) is 3.13. The van der Waals surface area contributed by atoms with Crippen molar-refractivity contribution < 1.29 is 8.90 Å². The number of nitrogens with zero attached hydrogens (tertiary/aromatic N) is 2. The minimum atomic E-state index is 0.517. The molecule has 2 aromatic carbocycles. The predicted molar refractivity (Wildman–Crippen MR) is 88.5 cm³/mol. The van der Waals surface area contributed by atoms with Gasteiger partial charge in [0.05, 0.1) is 7.05 Å². The van der Waals surface area contributed by atoms with Crippen molar-refractivity contribution in [3.8, 4) is 0 Å². The minimum Gasteiger partial charge on any atom is -0.456 e. The van der Waals surface area contributed by atoms with Crippen LogP contribution < -0.4 is 4.48 Å². The summed E-state index contributed by atoms with van der Waals surface area (Å²) in [5.74, 6) is 0. The lowest BCUT2D eigenvalue weighted by atomic mass is 9.98. The predicted octanol–water partition coefficient (Wildman–Crippen LogP) is 4.15. The van der Waals surface area contributed by atoms with E-state index in [-0.39, 0.29) is 0 Å². The Balaban J connectivity index is 1.72. The summed E-state index contributed by atoms with van der Waals surface area (Å²) >= 11 is 0. The first-order chi connectivity index (χ1) is 10.7. The molecule has 1 aromatic heterocycles. The highest BCUT2D eigenvalue weighted by Crippen LogP contribution is 2.53. The summed E-state index contributed by atoms with van der Waals surface area (Å²) in [4.78, 5) is 0. The van der Waals surface area contributed by atoms with E-state index < -0.39 is 0 Å².